The minimum absolute atomic E-state index is 0.134. The van der Waals surface area contributed by atoms with Gasteiger partial charge in [0.2, 0.25) is 5.76 Å². The fourth-order valence-electron chi connectivity index (χ4n) is 2.44. The number of anilines is 1. The van der Waals surface area contributed by atoms with Crippen LogP contribution in [0.2, 0.25) is 0 Å². The zero-order valence-corrected chi connectivity index (χ0v) is 15.2. The third kappa shape index (κ3) is 4.39. The van der Waals surface area contributed by atoms with Gasteiger partial charge in [-0.1, -0.05) is 30.3 Å². The number of thiocarbonyl (C=S) groups is 1. The van der Waals surface area contributed by atoms with E-state index >= 15 is 0 Å². The molecule has 0 saturated heterocycles. The van der Waals surface area contributed by atoms with Crippen LogP contribution >= 0.6 is 12.2 Å². The van der Waals surface area contributed by atoms with Crippen LogP contribution in [0.25, 0.3) is 11.3 Å². The maximum atomic E-state index is 12.2. The Balaban J connectivity index is 1.75. The molecule has 3 N–H and O–H groups in total. The van der Waals surface area contributed by atoms with E-state index in [0.29, 0.717) is 22.6 Å². The highest BCUT2D eigenvalue weighted by Gasteiger charge is 2.13. The SMILES string of the molecule is Cc1ccc(-c2ccc(C(=O)O)o2)cc1NC(=S)NC(=O)c1ccccc1. The summed E-state index contributed by atoms with van der Waals surface area (Å²) in [4.78, 5) is 23.1. The van der Waals surface area contributed by atoms with Crippen molar-refractivity contribution < 1.29 is 19.1 Å². The van der Waals surface area contributed by atoms with Gasteiger partial charge >= 0.3 is 5.97 Å². The van der Waals surface area contributed by atoms with E-state index in [1.54, 1.807) is 36.4 Å². The maximum absolute atomic E-state index is 12.2. The van der Waals surface area contributed by atoms with Crippen molar-refractivity contribution in [1.29, 1.82) is 0 Å². The molecule has 1 aromatic heterocycles. The monoisotopic (exact) mass is 380 g/mol. The molecule has 1 heterocycles. The van der Waals surface area contributed by atoms with Crippen molar-refractivity contribution in [3.63, 3.8) is 0 Å². The van der Waals surface area contributed by atoms with Crippen LogP contribution in [0, 0.1) is 6.92 Å². The number of hydrogen-bond acceptors (Lipinski definition) is 4. The zero-order valence-electron chi connectivity index (χ0n) is 14.4. The highest BCUT2D eigenvalue weighted by Crippen LogP contribution is 2.27. The molecule has 0 spiro atoms. The predicted octanol–water partition coefficient (Wildman–Crippen LogP) is 4.08. The largest absolute Gasteiger partial charge is 0.475 e. The lowest BCUT2D eigenvalue weighted by atomic mass is 10.1. The Kier molecular flexibility index (Phi) is 5.33. The number of rotatable bonds is 4. The van der Waals surface area contributed by atoms with Gasteiger partial charge in [-0.3, -0.25) is 10.1 Å². The number of carboxylic acids is 1. The maximum Gasteiger partial charge on any atom is 0.371 e. The number of amides is 1. The first-order valence-corrected chi connectivity index (χ1v) is 8.46. The van der Waals surface area contributed by atoms with Crippen molar-refractivity contribution in [3.05, 3.63) is 77.6 Å². The van der Waals surface area contributed by atoms with Crippen molar-refractivity contribution in [1.82, 2.24) is 5.32 Å². The molecule has 0 radical (unpaired) electrons. The van der Waals surface area contributed by atoms with Crippen LogP contribution in [0.15, 0.2) is 65.1 Å². The Morgan fingerprint density at radius 3 is 2.44 bits per heavy atom. The summed E-state index contributed by atoms with van der Waals surface area (Å²) in [7, 11) is 0. The quantitative estimate of drug-likeness (QED) is 0.591. The highest BCUT2D eigenvalue weighted by atomic mass is 32.1. The molecule has 0 fully saturated rings. The second-order valence-electron chi connectivity index (χ2n) is 5.77. The number of carbonyl (C=O) groups excluding carboxylic acids is 1. The predicted molar refractivity (Wildman–Crippen MR) is 106 cm³/mol. The number of benzene rings is 2. The lowest BCUT2D eigenvalue weighted by Crippen LogP contribution is -2.34. The summed E-state index contributed by atoms with van der Waals surface area (Å²) in [5.41, 5.74) is 2.77. The Morgan fingerprint density at radius 1 is 1.04 bits per heavy atom. The molecule has 3 rings (SSSR count). The molecule has 27 heavy (non-hydrogen) atoms. The standard InChI is InChI=1S/C20H16N2O4S/c1-12-7-8-14(16-9-10-17(26-16)19(24)25)11-15(12)21-20(27)22-18(23)13-5-3-2-4-6-13/h2-11H,1H3,(H,24,25)(H2,21,22,23,27). The lowest BCUT2D eigenvalue weighted by Gasteiger charge is -2.13. The fourth-order valence-corrected chi connectivity index (χ4v) is 2.64. The van der Waals surface area contributed by atoms with Gasteiger partial charge in [0.15, 0.2) is 5.11 Å². The van der Waals surface area contributed by atoms with Crippen LogP contribution < -0.4 is 10.6 Å². The second kappa shape index (κ2) is 7.84. The number of aryl methyl sites for hydroxylation is 1. The molecule has 7 heteroatoms. The molecule has 0 bridgehead atoms. The molecule has 2 aromatic carbocycles. The molecule has 6 nitrogen and oxygen atoms in total. The highest BCUT2D eigenvalue weighted by molar-refractivity contribution is 7.80. The minimum atomic E-state index is -1.13. The van der Waals surface area contributed by atoms with E-state index in [-0.39, 0.29) is 16.8 Å². The van der Waals surface area contributed by atoms with Crippen LogP contribution in [-0.2, 0) is 0 Å². The molecule has 0 saturated carbocycles. The molecule has 0 atom stereocenters. The number of furan rings is 1. The Hall–Kier alpha value is -3.45. The van der Waals surface area contributed by atoms with Crippen LogP contribution in [0.1, 0.15) is 26.5 Å². The summed E-state index contributed by atoms with van der Waals surface area (Å²) in [6, 6.07) is 17.2. The molecule has 0 aliphatic carbocycles. The summed E-state index contributed by atoms with van der Waals surface area (Å²) in [6.07, 6.45) is 0. The summed E-state index contributed by atoms with van der Waals surface area (Å²) in [6.45, 7) is 1.89. The lowest BCUT2D eigenvalue weighted by molar-refractivity contribution is 0.0663. The van der Waals surface area contributed by atoms with E-state index in [2.05, 4.69) is 10.6 Å². The average molecular weight is 380 g/mol. The topological polar surface area (TPSA) is 91.6 Å². The first-order chi connectivity index (χ1) is 12.9. The van der Waals surface area contributed by atoms with Gasteiger partial charge < -0.3 is 14.8 Å². The van der Waals surface area contributed by atoms with Crippen LogP contribution in [0.3, 0.4) is 0 Å². The van der Waals surface area contributed by atoms with E-state index in [9.17, 15) is 9.59 Å². The molecule has 3 aromatic rings. The summed E-state index contributed by atoms with van der Waals surface area (Å²) >= 11 is 5.23. The molecule has 0 unspecified atom stereocenters. The molecular formula is C20H16N2O4S. The van der Waals surface area contributed by atoms with Crippen molar-refractivity contribution in [3.8, 4) is 11.3 Å². The van der Waals surface area contributed by atoms with Crippen molar-refractivity contribution in [2.75, 3.05) is 5.32 Å². The Morgan fingerprint density at radius 2 is 1.78 bits per heavy atom. The number of carbonyl (C=O) groups is 2. The Bertz CT molecular complexity index is 1010. The van der Waals surface area contributed by atoms with Crippen LogP contribution in [0.5, 0.6) is 0 Å². The third-order valence-electron chi connectivity index (χ3n) is 3.85. The average Bonchev–Trinajstić information content (AvgIpc) is 3.14. The first-order valence-electron chi connectivity index (χ1n) is 8.05. The second-order valence-corrected chi connectivity index (χ2v) is 6.18. The number of carboxylic acid groups (broad SMARTS) is 1. The molecule has 0 aliphatic rings. The fraction of sp³-hybridized carbons (Fsp3) is 0.0500. The molecule has 0 aliphatic heterocycles. The Labute approximate surface area is 160 Å². The normalized spacial score (nSPS) is 10.3. The summed E-state index contributed by atoms with van der Waals surface area (Å²) in [5, 5.41) is 14.8. The van der Waals surface area contributed by atoms with Gasteiger partial charge in [-0.2, -0.15) is 0 Å². The van der Waals surface area contributed by atoms with E-state index in [0.717, 1.165) is 5.56 Å². The molecular weight excluding hydrogens is 364 g/mol. The van der Waals surface area contributed by atoms with Gasteiger partial charge in [0.05, 0.1) is 0 Å². The van der Waals surface area contributed by atoms with Gasteiger partial charge in [0.25, 0.3) is 5.91 Å². The van der Waals surface area contributed by atoms with Gasteiger partial charge in [-0.05, 0) is 55.0 Å². The van der Waals surface area contributed by atoms with Crippen LogP contribution in [-0.4, -0.2) is 22.1 Å². The minimum Gasteiger partial charge on any atom is -0.475 e. The van der Waals surface area contributed by atoms with E-state index < -0.39 is 5.97 Å². The van der Waals surface area contributed by atoms with Gasteiger partial charge in [-0.15, -0.1) is 0 Å². The van der Waals surface area contributed by atoms with E-state index in [4.69, 9.17) is 21.7 Å². The summed E-state index contributed by atoms with van der Waals surface area (Å²) < 4.78 is 5.32. The van der Waals surface area contributed by atoms with Gasteiger partial charge in [0.1, 0.15) is 5.76 Å². The van der Waals surface area contributed by atoms with Gasteiger partial charge in [0, 0.05) is 16.8 Å². The molecule has 136 valence electrons. The van der Waals surface area contributed by atoms with Crippen molar-refractivity contribution in [2.24, 2.45) is 0 Å². The first kappa shape index (κ1) is 18.3. The number of nitrogens with one attached hydrogen (secondary N) is 2. The van der Waals surface area contributed by atoms with E-state index in [1.165, 1.54) is 6.07 Å². The van der Waals surface area contributed by atoms with Crippen molar-refractivity contribution in [2.45, 2.75) is 6.92 Å². The van der Waals surface area contributed by atoms with Crippen LogP contribution in [0.4, 0.5) is 5.69 Å². The number of hydrogen-bond donors (Lipinski definition) is 3. The zero-order chi connectivity index (χ0) is 19.4. The smallest absolute Gasteiger partial charge is 0.371 e. The summed E-state index contributed by atoms with van der Waals surface area (Å²) in [5.74, 6) is -1.14. The van der Waals surface area contributed by atoms with Crippen molar-refractivity contribution >= 4 is 34.9 Å². The third-order valence-corrected chi connectivity index (χ3v) is 4.05. The molecule has 1 amide bonds. The van der Waals surface area contributed by atoms with E-state index in [1.807, 2.05) is 25.1 Å². The van der Waals surface area contributed by atoms with Gasteiger partial charge in [-0.25, -0.2) is 4.79 Å². The number of aromatic carboxylic acids is 1.